The Balaban J connectivity index is 1.73. The zero-order valence-electron chi connectivity index (χ0n) is 13.4. The second-order valence-corrected chi connectivity index (χ2v) is 6.61. The average molecular weight is 334 g/mol. The molecule has 24 heavy (non-hydrogen) atoms. The summed E-state index contributed by atoms with van der Waals surface area (Å²) in [7, 11) is 0. The first kappa shape index (κ1) is 16.3. The number of carbonyl (C=O) groups is 1. The minimum absolute atomic E-state index is 0.282. The molecule has 3 heteroatoms. The minimum atomic E-state index is -0.405. The van der Waals surface area contributed by atoms with E-state index in [0.717, 1.165) is 10.5 Å². The highest BCUT2D eigenvalue weighted by Gasteiger charge is 2.09. The molecule has 3 rings (SSSR count). The lowest BCUT2D eigenvalue weighted by Crippen LogP contribution is -2.05. The Hall–Kier alpha value is -2.52. The molecule has 0 fully saturated rings. The number of hydrogen-bond donors (Lipinski definition) is 0. The van der Waals surface area contributed by atoms with E-state index in [4.69, 9.17) is 4.74 Å². The molecule has 0 aliphatic heterocycles. The summed E-state index contributed by atoms with van der Waals surface area (Å²) in [5.41, 5.74) is 0.966. The SMILES string of the molecule is C=CC(=O)OC(C)c1ccc(Sc2ccc3ccccc3c2)cc1. The molecule has 3 aromatic carbocycles. The fraction of sp³-hybridized carbons (Fsp3) is 0.0952. The number of rotatable bonds is 5. The van der Waals surface area contributed by atoms with E-state index >= 15 is 0 Å². The summed E-state index contributed by atoms with van der Waals surface area (Å²) >= 11 is 1.72. The second-order valence-electron chi connectivity index (χ2n) is 5.46. The van der Waals surface area contributed by atoms with Gasteiger partial charge in [-0.25, -0.2) is 4.79 Å². The van der Waals surface area contributed by atoms with Crippen molar-refractivity contribution >= 4 is 28.5 Å². The third-order valence-corrected chi connectivity index (χ3v) is 4.76. The molecule has 0 N–H and O–H groups in total. The second kappa shape index (κ2) is 7.37. The molecule has 0 aliphatic carbocycles. The van der Waals surface area contributed by atoms with Gasteiger partial charge in [0.1, 0.15) is 6.10 Å². The first-order chi connectivity index (χ1) is 11.7. The molecule has 0 aliphatic rings. The van der Waals surface area contributed by atoms with Crippen LogP contribution in [0.15, 0.2) is 89.2 Å². The van der Waals surface area contributed by atoms with Crippen LogP contribution in [0.4, 0.5) is 0 Å². The Morgan fingerprint density at radius 1 is 1.00 bits per heavy atom. The summed E-state index contributed by atoms with van der Waals surface area (Å²) in [4.78, 5) is 13.6. The molecule has 2 nitrogen and oxygen atoms in total. The monoisotopic (exact) mass is 334 g/mol. The van der Waals surface area contributed by atoms with Crippen molar-refractivity contribution in [1.82, 2.24) is 0 Å². The lowest BCUT2D eigenvalue weighted by molar-refractivity contribution is -0.142. The fourth-order valence-corrected chi connectivity index (χ4v) is 3.33. The molecule has 1 atom stereocenters. The van der Waals surface area contributed by atoms with Gasteiger partial charge >= 0.3 is 5.97 Å². The topological polar surface area (TPSA) is 26.3 Å². The van der Waals surface area contributed by atoms with Gasteiger partial charge in [0.2, 0.25) is 0 Å². The van der Waals surface area contributed by atoms with Crippen LogP contribution >= 0.6 is 11.8 Å². The molecule has 120 valence electrons. The first-order valence-electron chi connectivity index (χ1n) is 7.75. The number of hydrogen-bond acceptors (Lipinski definition) is 3. The van der Waals surface area contributed by atoms with E-state index in [1.54, 1.807) is 11.8 Å². The van der Waals surface area contributed by atoms with Crippen molar-refractivity contribution in [3.8, 4) is 0 Å². The van der Waals surface area contributed by atoms with Crippen molar-refractivity contribution in [2.24, 2.45) is 0 Å². The molecule has 0 bridgehead atoms. The maximum atomic E-state index is 11.3. The summed E-state index contributed by atoms with van der Waals surface area (Å²) in [6, 6.07) is 22.9. The van der Waals surface area contributed by atoms with Crippen molar-refractivity contribution in [1.29, 1.82) is 0 Å². The zero-order valence-corrected chi connectivity index (χ0v) is 14.3. The van der Waals surface area contributed by atoms with Crippen LogP contribution < -0.4 is 0 Å². The molecular weight excluding hydrogens is 316 g/mol. The summed E-state index contributed by atoms with van der Waals surface area (Å²) in [5.74, 6) is -0.405. The summed E-state index contributed by atoms with van der Waals surface area (Å²) in [6.07, 6.45) is 0.899. The molecule has 0 amide bonds. The van der Waals surface area contributed by atoms with Crippen LogP contribution in [-0.2, 0) is 9.53 Å². The number of ether oxygens (including phenoxy) is 1. The maximum Gasteiger partial charge on any atom is 0.330 e. The van der Waals surface area contributed by atoms with Crippen molar-refractivity contribution in [2.75, 3.05) is 0 Å². The van der Waals surface area contributed by atoms with Crippen LogP contribution in [0.2, 0.25) is 0 Å². The normalized spacial score (nSPS) is 11.9. The third-order valence-electron chi connectivity index (χ3n) is 3.77. The Morgan fingerprint density at radius 2 is 1.67 bits per heavy atom. The lowest BCUT2D eigenvalue weighted by Gasteiger charge is -2.12. The maximum absolute atomic E-state index is 11.3. The minimum Gasteiger partial charge on any atom is -0.455 e. The molecule has 0 heterocycles. The van der Waals surface area contributed by atoms with Crippen LogP contribution in [0.3, 0.4) is 0 Å². The largest absolute Gasteiger partial charge is 0.455 e. The number of benzene rings is 3. The predicted molar refractivity (Wildman–Crippen MR) is 99.2 cm³/mol. The van der Waals surface area contributed by atoms with Gasteiger partial charge < -0.3 is 4.74 Å². The Bertz CT molecular complexity index is 868. The van der Waals surface area contributed by atoms with Gasteiger partial charge in [-0.2, -0.15) is 0 Å². The van der Waals surface area contributed by atoms with E-state index in [0.29, 0.717) is 0 Å². The van der Waals surface area contributed by atoms with Crippen molar-refractivity contribution in [2.45, 2.75) is 22.8 Å². The molecule has 1 unspecified atom stereocenters. The highest BCUT2D eigenvalue weighted by molar-refractivity contribution is 7.99. The van der Waals surface area contributed by atoms with Crippen LogP contribution in [0.1, 0.15) is 18.6 Å². The van der Waals surface area contributed by atoms with Crippen LogP contribution in [0, 0.1) is 0 Å². The lowest BCUT2D eigenvalue weighted by atomic mass is 10.1. The van der Waals surface area contributed by atoms with Crippen LogP contribution in [-0.4, -0.2) is 5.97 Å². The van der Waals surface area contributed by atoms with Crippen LogP contribution in [0.25, 0.3) is 10.8 Å². The Kier molecular flexibility index (Phi) is 5.02. The van der Waals surface area contributed by atoms with Crippen molar-refractivity contribution in [3.05, 3.63) is 84.9 Å². The summed E-state index contributed by atoms with van der Waals surface area (Å²) in [5, 5.41) is 2.49. The molecule has 0 aromatic heterocycles. The number of esters is 1. The average Bonchev–Trinajstić information content (AvgIpc) is 2.62. The highest BCUT2D eigenvalue weighted by atomic mass is 32.2. The molecular formula is C21H18O2S. The van der Waals surface area contributed by atoms with Crippen molar-refractivity contribution in [3.63, 3.8) is 0 Å². The van der Waals surface area contributed by atoms with Gasteiger partial charge in [-0.15, -0.1) is 0 Å². The highest BCUT2D eigenvalue weighted by Crippen LogP contribution is 2.31. The fourth-order valence-electron chi connectivity index (χ4n) is 2.46. The third kappa shape index (κ3) is 3.87. The van der Waals surface area contributed by atoms with Gasteiger partial charge in [0.25, 0.3) is 0 Å². The zero-order chi connectivity index (χ0) is 16.9. The molecule has 0 radical (unpaired) electrons. The standard InChI is InChI=1S/C21H18O2S/c1-3-21(22)23-15(2)16-8-11-19(12-9-16)24-20-13-10-17-6-4-5-7-18(17)14-20/h3-15H,1H2,2H3. The van der Waals surface area contributed by atoms with E-state index in [2.05, 4.69) is 43.0 Å². The predicted octanol–water partition coefficient (Wildman–Crippen LogP) is 5.78. The Morgan fingerprint density at radius 3 is 2.38 bits per heavy atom. The van der Waals surface area contributed by atoms with Gasteiger partial charge in [-0.3, -0.25) is 0 Å². The van der Waals surface area contributed by atoms with E-state index in [-0.39, 0.29) is 6.10 Å². The van der Waals surface area contributed by atoms with E-state index < -0.39 is 5.97 Å². The van der Waals surface area contributed by atoms with Gasteiger partial charge in [0.15, 0.2) is 0 Å². The molecule has 0 spiro atoms. The van der Waals surface area contributed by atoms with Gasteiger partial charge in [-0.1, -0.05) is 60.8 Å². The summed E-state index contributed by atoms with van der Waals surface area (Å²) < 4.78 is 5.23. The molecule has 0 saturated carbocycles. The van der Waals surface area contributed by atoms with E-state index in [1.165, 1.54) is 21.7 Å². The van der Waals surface area contributed by atoms with Gasteiger partial charge in [0.05, 0.1) is 0 Å². The van der Waals surface area contributed by atoms with Crippen LogP contribution in [0.5, 0.6) is 0 Å². The first-order valence-corrected chi connectivity index (χ1v) is 8.57. The van der Waals surface area contributed by atoms with Gasteiger partial charge in [0, 0.05) is 15.9 Å². The smallest absolute Gasteiger partial charge is 0.330 e. The number of fused-ring (bicyclic) bond motifs is 1. The van der Waals surface area contributed by atoms with Crippen molar-refractivity contribution < 1.29 is 9.53 Å². The quantitative estimate of drug-likeness (QED) is 0.437. The summed E-state index contributed by atoms with van der Waals surface area (Å²) in [6.45, 7) is 5.27. The van der Waals surface area contributed by atoms with Gasteiger partial charge in [-0.05, 0) is 47.5 Å². The number of carbonyl (C=O) groups excluding carboxylic acids is 1. The molecule has 3 aromatic rings. The van der Waals surface area contributed by atoms with E-state index in [1.807, 2.05) is 37.3 Å². The molecule has 0 saturated heterocycles. The Labute approximate surface area is 146 Å². The van der Waals surface area contributed by atoms with E-state index in [9.17, 15) is 4.79 Å².